The van der Waals surface area contributed by atoms with Gasteiger partial charge >= 0.3 is 116 Å². The Labute approximate surface area is 116 Å². The van der Waals surface area contributed by atoms with Crippen LogP contribution >= 0.6 is 0 Å². The van der Waals surface area contributed by atoms with E-state index in [1.165, 1.54) is 4.46 Å². The zero-order valence-electron chi connectivity index (χ0n) is 11.9. The van der Waals surface area contributed by atoms with Gasteiger partial charge in [-0.2, -0.15) is 0 Å². The van der Waals surface area contributed by atoms with Crippen molar-refractivity contribution >= 4 is 19.4 Å². The van der Waals surface area contributed by atoms with E-state index < -0.39 is 0 Å². The zero-order chi connectivity index (χ0) is 13.8. The molecule has 0 spiro atoms. The molecule has 0 radical (unpaired) electrons. The Morgan fingerprint density at radius 1 is 1.11 bits per heavy atom. The van der Waals surface area contributed by atoms with Crippen LogP contribution in [0.2, 0.25) is 4.31 Å². The van der Waals surface area contributed by atoms with Crippen LogP contribution in [0.1, 0.15) is 26.3 Å². The Morgan fingerprint density at radius 2 is 1.72 bits per heavy atom. The normalized spacial score (nSPS) is 11.4. The summed E-state index contributed by atoms with van der Waals surface area (Å²) in [6.07, 6.45) is 0.808. The predicted octanol–water partition coefficient (Wildman–Crippen LogP) is 1.75. The molecular weight excluding hydrogens is 293 g/mol. The Hall–Kier alpha value is -0.701. The predicted molar refractivity (Wildman–Crippen MR) is 77.4 cm³/mol. The third kappa shape index (κ3) is 4.20. The molecule has 0 atom stereocenters. The van der Waals surface area contributed by atoms with Gasteiger partial charge in [0, 0.05) is 0 Å². The summed E-state index contributed by atoms with van der Waals surface area (Å²) in [4.78, 5) is 0. The Kier molecular flexibility index (Phi) is 5.51. The molecule has 1 aromatic rings. The first kappa shape index (κ1) is 15.4. The van der Waals surface area contributed by atoms with Crippen molar-refractivity contribution in [3.05, 3.63) is 17.7 Å². The molecule has 0 bridgehead atoms. The van der Waals surface area contributed by atoms with Crippen LogP contribution in [0.5, 0.6) is 11.5 Å². The van der Waals surface area contributed by atoms with Crippen LogP contribution in [-0.2, 0) is 6.42 Å². The number of nitrogens with two attached hydrogens (primary N) is 1. The van der Waals surface area contributed by atoms with Crippen LogP contribution in [-0.4, -0.2) is 35.7 Å². The Morgan fingerprint density at radius 3 is 2.17 bits per heavy atom. The van der Waals surface area contributed by atoms with Crippen molar-refractivity contribution in [3.63, 3.8) is 0 Å². The molecule has 0 saturated carbocycles. The number of benzene rings is 1. The van der Waals surface area contributed by atoms with Crippen molar-refractivity contribution in [2.45, 2.75) is 31.5 Å². The minimum atomic E-state index is 0.278. The van der Waals surface area contributed by atoms with Gasteiger partial charge in [-0.25, -0.2) is 0 Å². The minimum absolute atomic E-state index is 0.278. The molecule has 1 aromatic carbocycles. The van der Waals surface area contributed by atoms with Crippen LogP contribution in [0.15, 0.2) is 12.1 Å². The van der Waals surface area contributed by atoms with E-state index in [0.29, 0.717) is 21.5 Å². The van der Waals surface area contributed by atoms with Crippen LogP contribution in [0, 0.1) is 0 Å². The number of rotatable bonds is 5. The van der Waals surface area contributed by atoms with Crippen LogP contribution < -0.4 is 19.7 Å². The van der Waals surface area contributed by atoms with E-state index in [-0.39, 0.29) is 4.31 Å². The second-order valence-corrected chi connectivity index (χ2v) is 8.99. The van der Waals surface area contributed by atoms with Crippen molar-refractivity contribution in [2.24, 2.45) is 5.73 Å². The maximum atomic E-state index is 5.62. The molecule has 3 nitrogen and oxygen atoms in total. The van der Waals surface area contributed by atoms with Crippen molar-refractivity contribution < 1.29 is 9.47 Å². The van der Waals surface area contributed by atoms with Crippen LogP contribution in [0.4, 0.5) is 0 Å². The molecule has 0 aromatic heterocycles. The molecule has 4 heteroatoms. The van der Waals surface area contributed by atoms with Crippen LogP contribution in [0.3, 0.4) is 0 Å². The molecule has 0 amide bonds. The monoisotopic (exact) mass is 317 g/mol. The fourth-order valence-corrected chi connectivity index (χ4v) is 3.94. The number of methoxy groups -OCH3 is 2. The molecule has 1 rings (SSSR count). The number of hydrogen-bond acceptors (Lipinski definition) is 3. The van der Waals surface area contributed by atoms with Gasteiger partial charge in [0.2, 0.25) is 0 Å². The fraction of sp³-hybridized carbons (Fsp3) is 0.571. The molecule has 0 aliphatic carbocycles. The van der Waals surface area contributed by atoms with E-state index in [2.05, 4.69) is 32.9 Å². The molecule has 0 heterocycles. The topological polar surface area (TPSA) is 44.5 Å². The van der Waals surface area contributed by atoms with Crippen molar-refractivity contribution in [3.8, 4) is 11.5 Å². The number of hydrogen-bond donors (Lipinski definition) is 1. The second-order valence-electron chi connectivity index (χ2n) is 5.07. The van der Waals surface area contributed by atoms with Crippen LogP contribution in [0.25, 0.3) is 0 Å². The van der Waals surface area contributed by atoms with Gasteiger partial charge in [0.25, 0.3) is 0 Å². The summed E-state index contributed by atoms with van der Waals surface area (Å²) < 4.78 is 12.5. The summed E-state index contributed by atoms with van der Waals surface area (Å²) in [6, 6.07) is 4.17. The average molecular weight is 316 g/mol. The zero-order valence-corrected chi connectivity index (χ0v) is 13.6. The van der Waals surface area contributed by atoms with Crippen molar-refractivity contribution in [2.75, 3.05) is 20.8 Å². The SMILES string of the molecule is COc1cc([Se]C(C)(C)C)c(OC)cc1CCN. The quantitative estimate of drug-likeness (QED) is 0.842. The van der Waals surface area contributed by atoms with E-state index in [0.717, 1.165) is 23.5 Å². The maximum absolute atomic E-state index is 5.62. The van der Waals surface area contributed by atoms with Gasteiger partial charge in [-0.3, -0.25) is 0 Å². The Bertz CT molecular complexity index is 400. The van der Waals surface area contributed by atoms with E-state index in [1.54, 1.807) is 14.2 Å². The molecular formula is C14H23NO2Se. The van der Waals surface area contributed by atoms with Crippen molar-refractivity contribution in [1.82, 2.24) is 0 Å². The first-order valence-corrected chi connectivity index (χ1v) is 7.76. The van der Waals surface area contributed by atoms with E-state index in [9.17, 15) is 0 Å². The third-order valence-corrected chi connectivity index (χ3v) is 4.81. The van der Waals surface area contributed by atoms with E-state index in [1.807, 2.05) is 0 Å². The summed E-state index contributed by atoms with van der Waals surface area (Å²) in [5.74, 6) is 1.87. The van der Waals surface area contributed by atoms with Gasteiger partial charge in [0.1, 0.15) is 0 Å². The first-order valence-electron chi connectivity index (χ1n) is 6.05. The van der Waals surface area contributed by atoms with Gasteiger partial charge in [-0.05, 0) is 0 Å². The second kappa shape index (κ2) is 6.46. The molecule has 2 N–H and O–H groups in total. The molecule has 0 fully saturated rings. The van der Waals surface area contributed by atoms with Gasteiger partial charge in [-0.15, -0.1) is 0 Å². The summed E-state index contributed by atoms with van der Waals surface area (Å²) in [5.41, 5.74) is 6.74. The molecule has 0 aliphatic heterocycles. The third-order valence-electron chi connectivity index (χ3n) is 2.40. The van der Waals surface area contributed by atoms with E-state index >= 15 is 0 Å². The van der Waals surface area contributed by atoms with Gasteiger partial charge in [-0.1, -0.05) is 0 Å². The summed E-state index contributed by atoms with van der Waals surface area (Å²) in [6.45, 7) is 7.34. The molecule has 102 valence electrons. The average Bonchev–Trinajstić information content (AvgIpc) is 2.28. The van der Waals surface area contributed by atoms with Gasteiger partial charge in [0.15, 0.2) is 0 Å². The fourth-order valence-electron chi connectivity index (χ4n) is 1.69. The summed E-state index contributed by atoms with van der Waals surface area (Å²) >= 11 is 0.340. The Balaban J connectivity index is 3.17. The molecule has 18 heavy (non-hydrogen) atoms. The van der Waals surface area contributed by atoms with E-state index in [4.69, 9.17) is 15.2 Å². The van der Waals surface area contributed by atoms with Gasteiger partial charge in [0.05, 0.1) is 0 Å². The van der Waals surface area contributed by atoms with Crippen molar-refractivity contribution in [1.29, 1.82) is 0 Å². The summed E-state index contributed by atoms with van der Waals surface area (Å²) in [5, 5.41) is 0. The standard InChI is InChI=1S/C14H23NO2Se/c1-14(2,3)18-13-9-11(16-4)10(6-7-15)8-12(13)17-5/h8-9H,6-7,15H2,1-5H3. The molecule has 0 aliphatic rings. The first-order chi connectivity index (χ1) is 8.41. The summed E-state index contributed by atoms with van der Waals surface area (Å²) in [7, 11) is 3.42. The van der Waals surface area contributed by atoms with Gasteiger partial charge < -0.3 is 0 Å². The number of ether oxygens (including phenoxy) is 2. The molecule has 0 unspecified atom stereocenters. The molecule has 0 saturated heterocycles.